The monoisotopic (exact) mass is 323 g/mol. The molecule has 0 spiro atoms. The topological polar surface area (TPSA) is 64.9 Å². The van der Waals surface area contributed by atoms with Gasteiger partial charge < -0.3 is 10.1 Å². The van der Waals surface area contributed by atoms with Crippen molar-refractivity contribution in [2.24, 2.45) is 7.05 Å². The Balaban J connectivity index is 1.80. The van der Waals surface area contributed by atoms with Crippen molar-refractivity contribution in [3.8, 4) is 11.3 Å². The highest BCUT2D eigenvalue weighted by atomic mass is 16.5. The molecule has 0 saturated heterocycles. The lowest BCUT2D eigenvalue weighted by atomic mass is 10.1. The summed E-state index contributed by atoms with van der Waals surface area (Å²) in [5.41, 5.74) is 4.12. The molecule has 3 rings (SSSR count). The second-order valence-corrected chi connectivity index (χ2v) is 5.64. The minimum atomic E-state index is 0.401. The molecule has 0 saturated carbocycles. The lowest BCUT2D eigenvalue weighted by molar-refractivity contribution is 0.177. The number of nitrogens with one attached hydrogen (secondary N) is 1. The number of anilines is 1. The number of nitrogens with zero attached hydrogens (tertiary/aromatic N) is 4. The van der Waals surface area contributed by atoms with Crippen LogP contribution in [0.1, 0.15) is 17.1 Å². The van der Waals surface area contributed by atoms with Gasteiger partial charge in [0.1, 0.15) is 12.4 Å². The second-order valence-electron chi connectivity index (χ2n) is 5.64. The van der Waals surface area contributed by atoms with Crippen LogP contribution in [0.3, 0.4) is 0 Å². The third-order valence-corrected chi connectivity index (χ3v) is 3.59. The molecule has 0 aliphatic carbocycles. The van der Waals surface area contributed by atoms with E-state index < -0.39 is 0 Å². The fourth-order valence-electron chi connectivity index (χ4n) is 2.61. The molecule has 24 heavy (non-hydrogen) atoms. The predicted molar refractivity (Wildman–Crippen MR) is 93.5 cm³/mol. The maximum Gasteiger partial charge on any atom is 0.156 e. The minimum absolute atomic E-state index is 0.401. The first-order valence-electron chi connectivity index (χ1n) is 7.81. The summed E-state index contributed by atoms with van der Waals surface area (Å²) in [5, 5.41) is 7.95. The highest BCUT2D eigenvalue weighted by molar-refractivity contribution is 5.63. The standard InChI is InChI=1S/C18H21N5O/c1-13-9-16(21-17(20-13)12-24-3)19-10-15-11-23(2)22-18(15)14-7-5-4-6-8-14/h4-9,11H,10,12H2,1-3H3,(H,19,20,21). The molecule has 2 heterocycles. The van der Waals surface area contributed by atoms with Crippen molar-refractivity contribution in [3.05, 3.63) is 59.7 Å². The van der Waals surface area contributed by atoms with E-state index in [1.54, 1.807) is 7.11 Å². The Bertz CT molecular complexity index is 814. The molecule has 1 aromatic carbocycles. The Kier molecular flexibility index (Phi) is 4.86. The Morgan fingerprint density at radius 3 is 2.71 bits per heavy atom. The highest BCUT2D eigenvalue weighted by Gasteiger charge is 2.10. The van der Waals surface area contributed by atoms with Crippen molar-refractivity contribution >= 4 is 5.82 Å². The van der Waals surface area contributed by atoms with E-state index >= 15 is 0 Å². The predicted octanol–water partition coefficient (Wildman–Crippen LogP) is 2.94. The summed E-state index contributed by atoms with van der Waals surface area (Å²) in [6.07, 6.45) is 2.03. The number of hydrogen-bond acceptors (Lipinski definition) is 5. The average molecular weight is 323 g/mol. The van der Waals surface area contributed by atoms with E-state index in [1.807, 2.05) is 49.1 Å². The molecular weight excluding hydrogens is 302 g/mol. The number of ether oxygens (including phenoxy) is 1. The zero-order valence-corrected chi connectivity index (χ0v) is 14.2. The first-order chi connectivity index (χ1) is 11.7. The molecule has 6 heteroatoms. The Morgan fingerprint density at radius 1 is 1.17 bits per heavy atom. The van der Waals surface area contributed by atoms with Gasteiger partial charge in [-0.15, -0.1) is 0 Å². The lowest BCUT2D eigenvalue weighted by Gasteiger charge is -2.08. The van der Waals surface area contributed by atoms with Crippen molar-refractivity contribution < 1.29 is 4.74 Å². The molecule has 124 valence electrons. The van der Waals surface area contributed by atoms with Gasteiger partial charge in [0.05, 0.1) is 5.69 Å². The van der Waals surface area contributed by atoms with Gasteiger partial charge in [0.2, 0.25) is 0 Å². The molecule has 3 aromatic rings. The number of benzene rings is 1. The van der Waals surface area contributed by atoms with E-state index in [4.69, 9.17) is 4.74 Å². The van der Waals surface area contributed by atoms with E-state index in [-0.39, 0.29) is 0 Å². The fraction of sp³-hybridized carbons (Fsp3) is 0.278. The van der Waals surface area contributed by atoms with Gasteiger partial charge in [-0.3, -0.25) is 4.68 Å². The normalized spacial score (nSPS) is 10.8. The third-order valence-electron chi connectivity index (χ3n) is 3.59. The first-order valence-corrected chi connectivity index (χ1v) is 7.81. The van der Waals surface area contributed by atoms with Crippen LogP contribution in [0.4, 0.5) is 5.82 Å². The van der Waals surface area contributed by atoms with Crippen LogP contribution < -0.4 is 5.32 Å². The van der Waals surface area contributed by atoms with Crippen LogP contribution >= 0.6 is 0 Å². The van der Waals surface area contributed by atoms with Crippen molar-refractivity contribution in [1.82, 2.24) is 19.7 Å². The van der Waals surface area contributed by atoms with Gasteiger partial charge in [0.15, 0.2) is 5.82 Å². The molecule has 0 bridgehead atoms. The van der Waals surface area contributed by atoms with Gasteiger partial charge in [-0.05, 0) is 6.92 Å². The number of aryl methyl sites for hydroxylation is 2. The molecular formula is C18H21N5O. The van der Waals surface area contributed by atoms with Crippen LogP contribution in [0.2, 0.25) is 0 Å². The van der Waals surface area contributed by atoms with E-state index in [0.717, 1.165) is 28.3 Å². The quantitative estimate of drug-likeness (QED) is 0.755. The lowest BCUT2D eigenvalue weighted by Crippen LogP contribution is -2.06. The van der Waals surface area contributed by atoms with Crippen LogP contribution in [-0.4, -0.2) is 26.9 Å². The van der Waals surface area contributed by atoms with Gasteiger partial charge in [0, 0.05) is 49.8 Å². The average Bonchev–Trinajstić information content (AvgIpc) is 2.94. The maximum absolute atomic E-state index is 5.11. The van der Waals surface area contributed by atoms with Crippen molar-refractivity contribution in [2.75, 3.05) is 12.4 Å². The summed E-state index contributed by atoms with van der Waals surface area (Å²) >= 11 is 0. The number of hydrogen-bond donors (Lipinski definition) is 1. The zero-order chi connectivity index (χ0) is 16.9. The summed E-state index contributed by atoms with van der Waals surface area (Å²) < 4.78 is 6.95. The molecule has 0 unspecified atom stereocenters. The number of aromatic nitrogens is 4. The van der Waals surface area contributed by atoms with E-state index in [2.05, 4.69) is 32.5 Å². The van der Waals surface area contributed by atoms with E-state index in [0.29, 0.717) is 19.0 Å². The molecule has 0 atom stereocenters. The fourth-order valence-corrected chi connectivity index (χ4v) is 2.61. The van der Waals surface area contributed by atoms with Crippen LogP contribution in [0, 0.1) is 6.92 Å². The second kappa shape index (κ2) is 7.23. The number of rotatable bonds is 6. The maximum atomic E-state index is 5.11. The molecule has 0 fully saturated rings. The van der Waals surface area contributed by atoms with E-state index in [9.17, 15) is 0 Å². The summed E-state index contributed by atoms with van der Waals surface area (Å²) in [6.45, 7) is 2.99. The van der Waals surface area contributed by atoms with Crippen molar-refractivity contribution in [2.45, 2.75) is 20.1 Å². The largest absolute Gasteiger partial charge is 0.377 e. The van der Waals surface area contributed by atoms with Gasteiger partial charge in [-0.1, -0.05) is 30.3 Å². The van der Waals surface area contributed by atoms with E-state index in [1.165, 1.54) is 0 Å². The summed E-state index contributed by atoms with van der Waals surface area (Å²) in [7, 11) is 3.57. The summed E-state index contributed by atoms with van der Waals surface area (Å²) in [4.78, 5) is 8.83. The third kappa shape index (κ3) is 3.78. The van der Waals surface area contributed by atoms with Gasteiger partial charge >= 0.3 is 0 Å². The SMILES string of the molecule is COCc1nc(C)cc(NCc2cn(C)nc2-c2ccccc2)n1. The van der Waals surface area contributed by atoms with Crippen LogP contribution in [0.5, 0.6) is 0 Å². The van der Waals surface area contributed by atoms with Crippen LogP contribution in [-0.2, 0) is 24.9 Å². The van der Waals surface area contributed by atoms with Gasteiger partial charge in [-0.25, -0.2) is 9.97 Å². The Hall–Kier alpha value is -2.73. The number of methoxy groups -OCH3 is 1. The molecule has 2 aromatic heterocycles. The minimum Gasteiger partial charge on any atom is -0.377 e. The molecule has 0 amide bonds. The van der Waals surface area contributed by atoms with Gasteiger partial charge in [-0.2, -0.15) is 5.10 Å². The van der Waals surface area contributed by atoms with Crippen molar-refractivity contribution in [3.63, 3.8) is 0 Å². The molecule has 6 nitrogen and oxygen atoms in total. The van der Waals surface area contributed by atoms with Crippen LogP contribution in [0.25, 0.3) is 11.3 Å². The van der Waals surface area contributed by atoms with Gasteiger partial charge in [0.25, 0.3) is 0 Å². The zero-order valence-electron chi connectivity index (χ0n) is 14.2. The molecule has 0 aliphatic heterocycles. The Morgan fingerprint density at radius 2 is 1.96 bits per heavy atom. The Labute approximate surface area is 141 Å². The highest BCUT2D eigenvalue weighted by Crippen LogP contribution is 2.22. The summed E-state index contributed by atoms with van der Waals surface area (Å²) in [6, 6.07) is 12.1. The molecule has 0 aliphatic rings. The van der Waals surface area contributed by atoms with Crippen molar-refractivity contribution in [1.29, 1.82) is 0 Å². The molecule has 0 radical (unpaired) electrons. The van der Waals surface area contributed by atoms with Crippen LogP contribution in [0.15, 0.2) is 42.6 Å². The smallest absolute Gasteiger partial charge is 0.156 e. The summed E-state index contributed by atoms with van der Waals surface area (Å²) in [5.74, 6) is 1.46. The first kappa shape index (κ1) is 16.1. The molecule has 1 N–H and O–H groups in total.